The van der Waals surface area contributed by atoms with Crippen LogP contribution in [-0.2, 0) is 0 Å². The largest absolute Gasteiger partial charge is 0.326 e. The van der Waals surface area contributed by atoms with E-state index in [9.17, 15) is 4.39 Å². The predicted octanol–water partition coefficient (Wildman–Crippen LogP) is 3.48. The van der Waals surface area contributed by atoms with Crippen molar-refractivity contribution in [2.24, 2.45) is 5.73 Å². The molecule has 106 valence electrons. The van der Waals surface area contributed by atoms with Gasteiger partial charge < -0.3 is 5.73 Å². The van der Waals surface area contributed by atoms with E-state index in [4.69, 9.17) is 5.73 Å². The van der Waals surface area contributed by atoms with Crippen molar-refractivity contribution in [2.75, 3.05) is 6.54 Å². The molecule has 2 N–H and O–H groups in total. The second-order valence-corrected chi connectivity index (χ2v) is 5.65. The molecule has 2 atom stereocenters. The Morgan fingerprint density at radius 1 is 1.37 bits per heavy atom. The second-order valence-electron chi connectivity index (χ2n) is 5.65. The third-order valence-corrected chi connectivity index (χ3v) is 3.86. The van der Waals surface area contributed by atoms with Crippen LogP contribution < -0.4 is 5.73 Å². The second kappa shape index (κ2) is 6.49. The van der Waals surface area contributed by atoms with Gasteiger partial charge in [-0.25, -0.2) is 4.39 Å². The highest BCUT2D eigenvalue weighted by atomic mass is 19.1. The summed E-state index contributed by atoms with van der Waals surface area (Å²) < 4.78 is 14.1. The van der Waals surface area contributed by atoms with E-state index in [0.717, 1.165) is 24.9 Å². The van der Waals surface area contributed by atoms with Crippen LogP contribution in [0.1, 0.15) is 51.1 Å². The summed E-state index contributed by atoms with van der Waals surface area (Å²) in [4.78, 5) is 2.42. The molecular formula is C16H25FN2. The van der Waals surface area contributed by atoms with Gasteiger partial charge in [-0.15, -0.1) is 0 Å². The fourth-order valence-corrected chi connectivity index (χ4v) is 2.77. The molecular weight excluding hydrogens is 239 g/mol. The molecule has 1 aliphatic carbocycles. The van der Waals surface area contributed by atoms with Crippen LogP contribution in [0.15, 0.2) is 24.3 Å². The Kier molecular flexibility index (Phi) is 4.94. The summed E-state index contributed by atoms with van der Waals surface area (Å²) >= 11 is 0. The number of hydrogen-bond acceptors (Lipinski definition) is 2. The Morgan fingerprint density at radius 3 is 2.58 bits per heavy atom. The monoisotopic (exact) mass is 264 g/mol. The quantitative estimate of drug-likeness (QED) is 0.817. The summed E-state index contributed by atoms with van der Waals surface area (Å²) in [7, 11) is 0. The van der Waals surface area contributed by atoms with Crippen molar-refractivity contribution in [3.8, 4) is 0 Å². The highest BCUT2D eigenvalue weighted by molar-refractivity contribution is 5.23. The summed E-state index contributed by atoms with van der Waals surface area (Å²) in [5, 5.41) is 0. The lowest BCUT2D eigenvalue weighted by atomic mass is 9.98. The summed E-state index contributed by atoms with van der Waals surface area (Å²) in [5.74, 6) is -0.132. The number of hydrogen-bond donors (Lipinski definition) is 1. The molecule has 0 spiro atoms. The van der Waals surface area contributed by atoms with Crippen molar-refractivity contribution in [1.29, 1.82) is 0 Å². The van der Waals surface area contributed by atoms with Crippen molar-refractivity contribution < 1.29 is 4.39 Å². The number of unbranched alkanes of at least 4 members (excludes halogenated alkanes) is 1. The Bertz CT molecular complexity index is 401. The number of rotatable bonds is 7. The molecule has 1 saturated carbocycles. The number of halogens is 1. The number of nitrogens with two attached hydrogens (primary N) is 1. The topological polar surface area (TPSA) is 29.3 Å². The number of nitrogens with zero attached hydrogens (tertiary/aromatic N) is 1. The Hall–Kier alpha value is -0.930. The van der Waals surface area contributed by atoms with Gasteiger partial charge in [-0.05, 0) is 38.8 Å². The first-order valence-electron chi connectivity index (χ1n) is 7.41. The molecule has 1 aromatic carbocycles. The summed E-state index contributed by atoms with van der Waals surface area (Å²) in [6.45, 7) is 5.19. The molecule has 0 bridgehead atoms. The van der Waals surface area contributed by atoms with E-state index in [1.54, 1.807) is 6.07 Å². The van der Waals surface area contributed by atoms with Gasteiger partial charge >= 0.3 is 0 Å². The van der Waals surface area contributed by atoms with Gasteiger partial charge in [0.1, 0.15) is 5.82 Å². The maximum absolute atomic E-state index is 14.1. The molecule has 2 rings (SSSR count). The molecule has 0 aliphatic heterocycles. The maximum atomic E-state index is 14.1. The van der Waals surface area contributed by atoms with Crippen molar-refractivity contribution >= 4 is 0 Å². The Morgan fingerprint density at radius 2 is 2.05 bits per heavy atom. The minimum Gasteiger partial charge on any atom is -0.326 e. The van der Waals surface area contributed by atoms with E-state index in [2.05, 4.69) is 11.8 Å². The lowest BCUT2D eigenvalue weighted by molar-refractivity contribution is 0.160. The normalized spacial score (nSPS) is 18.6. The van der Waals surface area contributed by atoms with Crippen LogP contribution >= 0.6 is 0 Å². The first-order chi connectivity index (χ1) is 9.15. The first kappa shape index (κ1) is 14.5. The molecule has 0 radical (unpaired) electrons. The molecule has 3 heteroatoms. The van der Waals surface area contributed by atoms with Crippen LogP contribution in [0, 0.1) is 5.82 Å². The van der Waals surface area contributed by atoms with Crippen LogP contribution in [0.4, 0.5) is 4.39 Å². The third kappa shape index (κ3) is 3.54. The van der Waals surface area contributed by atoms with Crippen molar-refractivity contribution in [2.45, 2.75) is 57.7 Å². The van der Waals surface area contributed by atoms with Gasteiger partial charge in [0.15, 0.2) is 0 Å². The predicted molar refractivity (Wildman–Crippen MR) is 77.4 cm³/mol. The van der Waals surface area contributed by atoms with Crippen LogP contribution in [0.5, 0.6) is 0 Å². The van der Waals surface area contributed by atoms with E-state index in [0.29, 0.717) is 6.04 Å². The smallest absolute Gasteiger partial charge is 0.128 e. The fraction of sp³-hybridized carbons (Fsp3) is 0.625. The molecule has 0 amide bonds. The summed E-state index contributed by atoms with van der Waals surface area (Å²) in [6, 6.07) is 7.60. The zero-order valence-corrected chi connectivity index (χ0v) is 12.0. The van der Waals surface area contributed by atoms with Crippen molar-refractivity contribution in [3.05, 3.63) is 35.6 Å². The van der Waals surface area contributed by atoms with Crippen molar-refractivity contribution in [1.82, 2.24) is 4.90 Å². The molecule has 2 nitrogen and oxygen atoms in total. The van der Waals surface area contributed by atoms with E-state index in [1.165, 1.54) is 18.9 Å². The molecule has 19 heavy (non-hydrogen) atoms. The van der Waals surface area contributed by atoms with Crippen molar-refractivity contribution in [3.63, 3.8) is 0 Å². The average Bonchev–Trinajstić information content (AvgIpc) is 3.20. The molecule has 0 aromatic heterocycles. The maximum Gasteiger partial charge on any atom is 0.128 e. The fourth-order valence-electron chi connectivity index (χ4n) is 2.77. The highest BCUT2D eigenvalue weighted by Gasteiger charge is 2.36. The molecule has 1 aliphatic rings. The number of benzene rings is 1. The molecule has 2 unspecified atom stereocenters. The van der Waals surface area contributed by atoms with E-state index < -0.39 is 0 Å². The average molecular weight is 264 g/mol. The van der Waals surface area contributed by atoms with Gasteiger partial charge in [-0.3, -0.25) is 4.90 Å². The molecule has 0 saturated heterocycles. The van der Waals surface area contributed by atoms with Gasteiger partial charge in [0.25, 0.3) is 0 Å². The summed E-state index contributed by atoms with van der Waals surface area (Å²) in [5.41, 5.74) is 6.92. The minimum absolute atomic E-state index is 0.000231. The van der Waals surface area contributed by atoms with E-state index in [-0.39, 0.29) is 17.9 Å². The standard InChI is InChI=1S/C16H25FN2/c1-3-4-11-19(13-9-10-13)16(12(2)18)14-7-5-6-8-15(14)17/h5-8,12-13,16H,3-4,9-11,18H2,1-2H3. The van der Waals surface area contributed by atoms with Gasteiger partial charge in [0, 0.05) is 17.6 Å². The summed E-state index contributed by atoms with van der Waals surface area (Å²) in [6.07, 6.45) is 4.75. The Balaban J connectivity index is 2.24. The SMILES string of the molecule is CCCCN(C1CC1)C(c1ccccc1F)C(C)N. The minimum atomic E-state index is -0.132. The molecule has 0 heterocycles. The molecule has 1 aromatic rings. The van der Waals surface area contributed by atoms with Gasteiger partial charge in [-0.1, -0.05) is 31.5 Å². The van der Waals surface area contributed by atoms with Crippen LogP contribution in [-0.4, -0.2) is 23.5 Å². The van der Waals surface area contributed by atoms with Crippen LogP contribution in [0.3, 0.4) is 0 Å². The molecule has 1 fully saturated rings. The van der Waals surface area contributed by atoms with Crippen LogP contribution in [0.2, 0.25) is 0 Å². The van der Waals surface area contributed by atoms with Gasteiger partial charge in [-0.2, -0.15) is 0 Å². The zero-order valence-electron chi connectivity index (χ0n) is 12.0. The lowest BCUT2D eigenvalue weighted by Crippen LogP contribution is -2.41. The highest BCUT2D eigenvalue weighted by Crippen LogP contribution is 2.36. The Labute approximate surface area is 115 Å². The zero-order chi connectivity index (χ0) is 13.8. The van der Waals surface area contributed by atoms with Crippen LogP contribution in [0.25, 0.3) is 0 Å². The van der Waals surface area contributed by atoms with E-state index in [1.807, 2.05) is 19.1 Å². The van der Waals surface area contributed by atoms with Gasteiger partial charge in [0.05, 0.1) is 6.04 Å². The first-order valence-corrected chi connectivity index (χ1v) is 7.41. The van der Waals surface area contributed by atoms with Gasteiger partial charge in [0.2, 0.25) is 0 Å². The lowest BCUT2D eigenvalue weighted by Gasteiger charge is -2.35. The van der Waals surface area contributed by atoms with E-state index >= 15 is 0 Å². The third-order valence-electron chi connectivity index (χ3n) is 3.86.